The molecule has 0 unspecified atom stereocenters. The lowest BCUT2D eigenvalue weighted by molar-refractivity contribution is -0.137. The summed E-state index contributed by atoms with van der Waals surface area (Å²) >= 11 is 11.4. The van der Waals surface area contributed by atoms with Crippen LogP contribution in [0.15, 0.2) is 18.7 Å². The lowest BCUT2D eigenvalue weighted by atomic mass is 10.3. The molecule has 96 valence electrons. The molecule has 0 aliphatic rings. The summed E-state index contributed by atoms with van der Waals surface area (Å²) in [5.74, 6) is 0.0939. The molecule has 0 saturated heterocycles. The topological polar surface area (TPSA) is 43.6 Å². The molecule has 0 atom stereocenters. The highest BCUT2D eigenvalue weighted by Gasteiger charge is 2.32. The molecule has 0 fully saturated rings. The van der Waals surface area contributed by atoms with Gasteiger partial charge in [0.1, 0.15) is 11.5 Å². The average molecular weight is 297 g/mol. The van der Waals surface area contributed by atoms with Gasteiger partial charge < -0.3 is 0 Å². The van der Waals surface area contributed by atoms with Gasteiger partial charge in [0.05, 0.1) is 17.6 Å². The molecule has 9 heteroatoms. The van der Waals surface area contributed by atoms with E-state index in [-0.39, 0.29) is 16.9 Å². The maximum atomic E-state index is 12.4. The standard InChI is InChI=1S/C9H5Cl2F3N4/c10-1-6-7(11)15-4-16-8(6)18-3-5(2-17-18)9(12,13)14/h2-4H,1H2. The van der Waals surface area contributed by atoms with Crippen LogP contribution < -0.4 is 0 Å². The van der Waals surface area contributed by atoms with Crippen molar-refractivity contribution in [1.29, 1.82) is 0 Å². The lowest BCUT2D eigenvalue weighted by Gasteiger charge is -2.06. The number of nitrogens with zero attached hydrogens (tertiary/aromatic N) is 4. The highest BCUT2D eigenvalue weighted by atomic mass is 35.5. The Morgan fingerprint density at radius 1 is 1.28 bits per heavy atom. The molecule has 0 aliphatic carbocycles. The monoisotopic (exact) mass is 296 g/mol. The molecule has 0 spiro atoms. The second-order valence-electron chi connectivity index (χ2n) is 3.27. The highest BCUT2D eigenvalue weighted by Crippen LogP contribution is 2.29. The minimum Gasteiger partial charge on any atom is -0.224 e. The number of hydrogen-bond acceptors (Lipinski definition) is 3. The van der Waals surface area contributed by atoms with E-state index < -0.39 is 11.7 Å². The summed E-state index contributed by atoms with van der Waals surface area (Å²) in [4.78, 5) is 7.53. The molecule has 0 N–H and O–H groups in total. The number of hydrogen-bond donors (Lipinski definition) is 0. The van der Waals surface area contributed by atoms with E-state index in [4.69, 9.17) is 23.2 Å². The van der Waals surface area contributed by atoms with Crippen molar-refractivity contribution in [1.82, 2.24) is 19.7 Å². The van der Waals surface area contributed by atoms with E-state index in [0.717, 1.165) is 17.2 Å². The Labute approximate surface area is 109 Å². The molecular weight excluding hydrogens is 292 g/mol. The lowest BCUT2D eigenvalue weighted by Crippen LogP contribution is -2.05. The van der Waals surface area contributed by atoms with Gasteiger partial charge in [0.25, 0.3) is 0 Å². The van der Waals surface area contributed by atoms with Gasteiger partial charge in [-0.2, -0.15) is 18.3 Å². The van der Waals surface area contributed by atoms with E-state index in [2.05, 4.69) is 15.1 Å². The van der Waals surface area contributed by atoms with Crippen molar-refractivity contribution in [3.8, 4) is 5.82 Å². The summed E-state index contributed by atoms with van der Waals surface area (Å²) < 4.78 is 38.3. The van der Waals surface area contributed by atoms with Gasteiger partial charge in [0.15, 0.2) is 5.82 Å². The zero-order valence-corrected chi connectivity index (χ0v) is 10.1. The maximum absolute atomic E-state index is 12.4. The second kappa shape index (κ2) is 4.74. The summed E-state index contributed by atoms with van der Waals surface area (Å²) in [6.07, 6.45) is -1.82. The van der Waals surface area contributed by atoms with Crippen LogP contribution in [-0.4, -0.2) is 19.7 Å². The van der Waals surface area contributed by atoms with Crippen LogP contribution in [-0.2, 0) is 12.1 Å². The van der Waals surface area contributed by atoms with Gasteiger partial charge in [0, 0.05) is 11.8 Å². The Bertz CT molecular complexity index is 567. The van der Waals surface area contributed by atoms with Crippen molar-refractivity contribution in [3.05, 3.63) is 35.0 Å². The van der Waals surface area contributed by atoms with E-state index in [1.54, 1.807) is 0 Å². The first-order chi connectivity index (χ1) is 8.43. The summed E-state index contributed by atoms with van der Waals surface area (Å²) in [7, 11) is 0. The summed E-state index contributed by atoms with van der Waals surface area (Å²) in [6, 6.07) is 0. The molecule has 2 aromatic heterocycles. The van der Waals surface area contributed by atoms with Crippen LogP contribution in [0.5, 0.6) is 0 Å². The summed E-state index contributed by atoms with van der Waals surface area (Å²) in [5, 5.41) is 3.67. The molecule has 0 aliphatic heterocycles. The van der Waals surface area contributed by atoms with Crippen LogP contribution in [0.1, 0.15) is 11.1 Å². The predicted octanol–water partition coefficient (Wildman–Crippen LogP) is 3.07. The molecule has 2 rings (SSSR count). The van der Waals surface area contributed by atoms with E-state index in [0.29, 0.717) is 11.8 Å². The zero-order chi connectivity index (χ0) is 13.3. The largest absolute Gasteiger partial charge is 0.419 e. The van der Waals surface area contributed by atoms with Gasteiger partial charge in [-0.3, -0.25) is 0 Å². The Morgan fingerprint density at radius 3 is 2.56 bits per heavy atom. The Balaban J connectivity index is 2.50. The van der Waals surface area contributed by atoms with Gasteiger partial charge >= 0.3 is 6.18 Å². The quantitative estimate of drug-likeness (QED) is 0.632. The molecule has 0 saturated carbocycles. The van der Waals surface area contributed by atoms with Gasteiger partial charge in [-0.05, 0) is 0 Å². The Kier molecular flexibility index (Phi) is 3.45. The molecule has 2 heterocycles. The molecular formula is C9H5Cl2F3N4. The first-order valence-corrected chi connectivity index (χ1v) is 5.52. The van der Waals surface area contributed by atoms with Crippen LogP contribution in [0.2, 0.25) is 5.15 Å². The summed E-state index contributed by atoms with van der Waals surface area (Å²) in [6.45, 7) is 0. The number of rotatable bonds is 2. The third-order valence-electron chi connectivity index (χ3n) is 2.13. The zero-order valence-electron chi connectivity index (χ0n) is 8.62. The molecule has 4 nitrogen and oxygen atoms in total. The summed E-state index contributed by atoms with van der Waals surface area (Å²) in [5.41, 5.74) is -0.560. The van der Waals surface area contributed by atoms with Crippen molar-refractivity contribution >= 4 is 23.2 Å². The first-order valence-electron chi connectivity index (χ1n) is 4.61. The van der Waals surface area contributed by atoms with Gasteiger partial charge in [-0.25, -0.2) is 14.6 Å². The van der Waals surface area contributed by atoms with Gasteiger partial charge in [0.2, 0.25) is 0 Å². The predicted molar refractivity (Wildman–Crippen MR) is 58.7 cm³/mol. The van der Waals surface area contributed by atoms with Crippen molar-refractivity contribution in [3.63, 3.8) is 0 Å². The number of aromatic nitrogens is 4. The normalized spacial score (nSPS) is 11.8. The fourth-order valence-corrected chi connectivity index (χ4v) is 1.79. The smallest absolute Gasteiger partial charge is 0.224 e. The molecule has 0 aromatic carbocycles. The second-order valence-corrected chi connectivity index (χ2v) is 3.90. The Hall–Kier alpha value is -1.34. The minimum absolute atomic E-state index is 0.0315. The van der Waals surface area contributed by atoms with Crippen LogP contribution in [0.25, 0.3) is 5.82 Å². The van der Waals surface area contributed by atoms with Gasteiger partial charge in [-0.1, -0.05) is 11.6 Å². The molecule has 0 amide bonds. The minimum atomic E-state index is -4.46. The van der Waals surface area contributed by atoms with Crippen LogP contribution in [0.4, 0.5) is 13.2 Å². The number of halogens is 5. The third-order valence-corrected chi connectivity index (χ3v) is 2.72. The SMILES string of the molecule is FC(F)(F)c1cnn(-c2ncnc(Cl)c2CCl)c1. The van der Waals surface area contributed by atoms with Crippen LogP contribution in [0, 0.1) is 0 Å². The van der Waals surface area contributed by atoms with E-state index in [9.17, 15) is 13.2 Å². The molecule has 2 aromatic rings. The van der Waals surface area contributed by atoms with E-state index in [1.807, 2.05) is 0 Å². The van der Waals surface area contributed by atoms with Crippen molar-refractivity contribution < 1.29 is 13.2 Å². The molecule has 0 bridgehead atoms. The fraction of sp³-hybridized carbons (Fsp3) is 0.222. The third kappa shape index (κ3) is 2.41. The highest BCUT2D eigenvalue weighted by molar-refractivity contribution is 6.31. The van der Waals surface area contributed by atoms with Crippen molar-refractivity contribution in [2.45, 2.75) is 12.1 Å². The number of alkyl halides is 4. The van der Waals surface area contributed by atoms with Gasteiger partial charge in [-0.15, -0.1) is 11.6 Å². The van der Waals surface area contributed by atoms with E-state index in [1.165, 1.54) is 0 Å². The van der Waals surface area contributed by atoms with Crippen LogP contribution in [0.3, 0.4) is 0 Å². The van der Waals surface area contributed by atoms with E-state index >= 15 is 0 Å². The average Bonchev–Trinajstić information content (AvgIpc) is 2.77. The van der Waals surface area contributed by atoms with Crippen molar-refractivity contribution in [2.75, 3.05) is 0 Å². The van der Waals surface area contributed by atoms with Crippen LogP contribution >= 0.6 is 23.2 Å². The molecule has 18 heavy (non-hydrogen) atoms. The first kappa shape index (κ1) is 13.1. The fourth-order valence-electron chi connectivity index (χ4n) is 1.28. The molecule has 0 radical (unpaired) electrons. The Morgan fingerprint density at radius 2 is 2.00 bits per heavy atom. The van der Waals surface area contributed by atoms with Crippen molar-refractivity contribution in [2.24, 2.45) is 0 Å². The maximum Gasteiger partial charge on any atom is 0.419 e.